The second kappa shape index (κ2) is 5.02. The van der Waals surface area contributed by atoms with Gasteiger partial charge in [-0.05, 0) is 24.2 Å². The summed E-state index contributed by atoms with van der Waals surface area (Å²) in [6.07, 6.45) is 11.7. The Hall–Kier alpha value is 0. The molecule has 0 aromatic heterocycles. The van der Waals surface area contributed by atoms with Gasteiger partial charge < -0.3 is 0 Å². The van der Waals surface area contributed by atoms with Gasteiger partial charge in [0.1, 0.15) is 0 Å². The molecule has 0 heterocycles. The molecule has 1 fully saturated rings. The molecule has 1 unspecified atom stereocenters. The summed E-state index contributed by atoms with van der Waals surface area (Å²) in [5.41, 5.74) is 0.617. The Morgan fingerprint density at radius 2 is 1.54 bits per heavy atom. The highest BCUT2D eigenvalue weighted by atomic mass is 14.2. The number of rotatable bonds is 0. The second-order valence-corrected chi connectivity index (χ2v) is 5.76. The molecule has 1 saturated carbocycles. The maximum atomic E-state index is 2.45. The van der Waals surface area contributed by atoms with Crippen molar-refractivity contribution in [1.82, 2.24) is 0 Å². The minimum atomic E-state index is 0.617. The fraction of sp³-hybridized carbons (Fsp3) is 1.00. The van der Waals surface area contributed by atoms with Crippen LogP contribution in [0.2, 0.25) is 0 Å². The second-order valence-electron chi connectivity index (χ2n) is 5.76. The van der Waals surface area contributed by atoms with Gasteiger partial charge in [0.05, 0.1) is 0 Å². The average molecular weight is 182 g/mol. The van der Waals surface area contributed by atoms with Gasteiger partial charge in [0.15, 0.2) is 0 Å². The highest BCUT2D eigenvalue weighted by molar-refractivity contribution is 4.71. The maximum Gasteiger partial charge on any atom is -0.0354 e. The van der Waals surface area contributed by atoms with E-state index in [4.69, 9.17) is 0 Å². The molecule has 0 spiro atoms. The first-order valence-electron chi connectivity index (χ1n) is 6.10. The van der Waals surface area contributed by atoms with Crippen LogP contribution < -0.4 is 0 Å². The molecule has 0 aromatic rings. The summed E-state index contributed by atoms with van der Waals surface area (Å²) in [6, 6.07) is 0. The van der Waals surface area contributed by atoms with Crippen molar-refractivity contribution in [1.29, 1.82) is 0 Å². The molecule has 0 radical (unpaired) electrons. The molecular formula is C13H26. The third-order valence-corrected chi connectivity index (χ3v) is 3.61. The Labute approximate surface area is 84.1 Å². The zero-order chi connectivity index (χ0) is 9.73. The maximum absolute atomic E-state index is 2.45. The van der Waals surface area contributed by atoms with Crippen LogP contribution in [0.1, 0.15) is 72.1 Å². The number of hydrogen-bond acceptors (Lipinski definition) is 0. The van der Waals surface area contributed by atoms with E-state index in [0.29, 0.717) is 5.41 Å². The van der Waals surface area contributed by atoms with Crippen LogP contribution >= 0.6 is 0 Å². The van der Waals surface area contributed by atoms with Crippen molar-refractivity contribution in [3.8, 4) is 0 Å². The Kier molecular flexibility index (Phi) is 4.28. The fourth-order valence-corrected chi connectivity index (χ4v) is 2.36. The molecule has 0 aromatic carbocycles. The van der Waals surface area contributed by atoms with Crippen LogP contribution in [0.25, 0.3) is 0 Å². The summed E-state index contributed by atoms with van der Waals surface area (Å²) in [4.78, 5) is 0. The van der Waals surface area contributed by atoms with Crippen LogP contribution in [0.3, 0.4) is 0 Å². The van der Waals surface area contributed by atoms with Gasteiger partial charge in [-0.1, -0.05) is 59.3 Å². The topological polar surface area (TPSA) is 0 Å². The van der Waals surface area contributed by atoms with Crippen molar-refractivity contribution in [2.45, 2.75) is 72.1 Å². The third-order valence-electron chi connectivity index (χ3n) is 3.61. The van der Waals surface area contributed by atoms with E-state index < -0.39 is 0 Å². The van der Waals surface area contributed by atoms with E-state index in [1.54, 1.807) is 0 Å². The highest BCUT2D eigenvalue weighted by Gasteiger charge is 2.19. The first-order chi connectivity index (χ1) is 6.10. The van der Waals surface area contributed by atoms with Crippen LogP contribution in [0, 0.1) is 11.3 Å². The average Bonchev–Trinajstić information content (AvgIpc) is 2.07. The SMILES string of the molecule is CC1CCCCCCC(C)(C)CC1. The van der Waals surface area contributed by atoms with Crippen molar-refractivity contribution >= 4 is 0 Å². The molecule has 0 heteroatoms. The lowest BCUT2D eigenvalue weighted by Crippen LogP contribution is -2.14. The van der Waals surface area contributed by atoms with Gasteiger partial charge in [-0.25, -0.2) is 0 Å². The Morgan fingerprint density at radius 1 is 0.846 bits per heavy atom. The predicted octanol–water partition coefficient (Wildman–Crippen LogP) is 4.78. The van der Waals surface area contributed by atoms with Gasteiger partial charge in [-0.15, -0.1) is 0 Å². The summed E-state index contributed by atoms with van der Waals surface area (Å²) >= 11 is 0. The minimum absolute atomic E-state index is 0.617. The Balaban J connectivity index is 2.37. The zero-order valence-corrected chi connectivity index (χ0v) is 9.73. The molecule has 13 heavy (non-hydrogen) atoms. The molecule has 0 saturated heterocycles. The van der Waals surface area contributed by atoms with Crippen LogP contribution in [0.5, 0.6) is 0 Å². The van der Waals surface area contributed by atoms with E-state index >= 15 is 0 Å². The van der Waals surface area contributed by atoms with Gasteiger partial charge in [0, 0.05) is 0 Å². The molecule has 1 rings (SSSR count). The van der Waals surface area contributed by atoms with E-state index in [0.717, 1.165) is 5.92 Å². The fourth-order valence-electron chi connectivity index (χ4n) is 2.36. The first-order valence-corrected chi connectivity index (χ1v) is 6.10. The molecule has 1 aliphatic rings. The molecule has 0 N–H and O–H groups in total. The minimum Gasteiger partial charge on any atom is -0.0625 e. The lowest BCUT2D eigenvalue weighted by Gasteiger charge is -2.27. The van der Waals surface area contributed by atoms with Gasteiger partial charge in [-0.3, -0.25) is 0 Å². The molecular weight excluding hydrogens is 156 g/mol. The summed E-state index contributed by atoms with van der Waals surface area (Å²) in [5, 5.41) is 0. The molecule has 0 bridgehead atoms. The van der Waals surface area contributed by atoms with Crippen molar-refractivity contribution in [2.24, 2.45) is 11.3 Å². The highest BCUT2D eigenvalue weighted by Crippen LogP contribution is 2.33. The van der Waals surface area contributed by atoms with Crippen molar-refractivity contribution < 1.29 is 0 Å². The van der Waals surface area contributed by atoms with E-state index in [1.165, 1.54) is 51.4 Å². The molecule has 0 amide bonds. The van der Waals surface area contributed by atoms with E-state index in [2.05, 4.69) is 20.8 Å². The number of hydrogen-bond donors (Lipinski definition) is 0. The monoisotopic (exact) mass is 182 g/mol. The van der Waals surface area contributed by atoms with Crippen molar-refractivity contribution in [3.05, 3.63) is 0 Å². The molecule has 1 aliphatic carbocycles. The van der Waals surface area contributed by atoms with Gasteiger partial charge in [0.2, 0.25) is 0 Å². The van der Waals surface area contributed by atoms with E-state index in [-0.39, 0.29) is 0 Å². The van der Waals surface area contributed by atoms with Gasteiger partial charge >= 0.3 is 0 Å². The first kappa shape index (κ1) is 11.1. The van der Waals surface area contributed by atoms with Crippen LogP contribution in [-0.4, -0.2) is 0 Å². The standard InChI is InChI=1S/C13H26/c1-12-8-6-4-5-7-10-13(2,3)11-9-12/h12H,4-11H2,1-3H3. The van der Waals surface area contributed by atoms with E-state index in [9.17, 15) is 0 Å². The van der Waals surface area contributed by atoms with Crippen molar-refractivity contribution in [2.75, 3.05) is 0 Å². The summed E-state index contributed by atoms with van der Waals surface area (Å²) < 4.78 is 0. The molecule has 1 atom stereocenters. The molecule has 78 valence electrons. The van der Waals surface area contributed by atoms with Crippen molar-refractivity contribution in [3.63, 3.8) is 0 Å². The van der Waals surface area contributed by atoms with E-state index in [1.807, 2.05) is 0 Å². The Bertz CT molecular complexity index is 135. The molecule has 0 aliphatic heterocycles. The summed E-state index contributed by atoms with van der Waals surface area (Å²) in [6.45, 7) is 7.32. The Morgan fingerprint density at radius 3 is 2.31 bits per heavy atom. The lowest BCUT2D eigenvalue weighted by molar-refractivity contribution is 0.252. The summed E-state index contributed by atoms with van der Waals surface area (Å²) in [7, 11) is 0. The smallest absolute Gasteiger partial charge is 0.0354 e. The normalized spacial score (nSPS) is 31.2. The van der Waals surface area contributed by atoms with Crippen LogP contribution in [0.15, 0.2) is 0 Å². The third kappa shape index (κ3) is 4.69. The van der Waals surface area contributed by atoms with Crippen LogP contribution in [0.4, 0.5) is 0 Å². The van der Waals surface area contributed by atoms with Gasteiger partial charge in [-0.2, -0.15) is 0 Å². The molecule has 0 nitrogen and oxygen atoms in total. The van der Waals surface area contributed by atoms with Gasteiger partial charge in [0.25, 0.3) is 0 Å². The van der Waals surface area contributed by atoms with Crippen LogP contribution in [-0.2, 0) is 0 Å². The zero-order valence-electron chi connectivity index (χ0n) is 9.73. The predicted molar refractivity (Wildman–Crippen MR) is 59.9 cm³/mol. The quantitative estimate of drug-likeness (QED) is 0.505. The largest absolute Gasteiger partial charge is 0.0625 e. The summed E-state index contributed by atoms with van der Waals surface area (Å²) in [5.74, 6) is 0.970. The lowest BCUT2D eigenvalue weighted by atomic mass is 9.79.